The van der Waals surface area contributed by atoms with Gasteiger partial charge in [0.1, 0.15) is 12.2 Å². The number of anilines is 1. The van der Waals surface area contributed by atoms with Crippen LogP contribution in [-0.4, -0.2) is 34.9 Å². The van der Waals surface area contributed by atoms with Crippen LogP contribution >= 0.6 is 0 Å². The molecular formula is C15H21N5. The average Bonchev–Trinajstić information content (AvgIpc) is 3.02. The lowest BCUT2D eigenvalue weighted by atomic mass is 10.1. The molecule has 0 bridgehead atoms. The SMILES string of the molecule is CN1CCc2cc(CNCCc3nncn3C)ccc21. The van der Waals surface area contributed by atoms with Crippen molar-refractivity contribution in [2.24, 2.45) is 7.05 Å². The molecule has 0 unspecified atom stereocenters. The highest BCUT2D eigenvalue weighted by Gasteiger charge is 2.15. The van der Waals surface area contributed by atoms with E-state index in [1.807, 2.05) is 11.6 Å². The summed E-state index contributed by atoms with van der Waals surface area (Å²) in [4.78, 5) is 2.32. The molecule has 3 rings (SSSR count). The third kappa shape index (κ3) is 2.67. The molecular weight excluding hydrogens is 250 g/mol. The minimum absolute atomic E-state index is 0.907. The molecule has 1 aliphatic rings. The first-order chi connectivity index (χ1) is 9.74. The summed E-state index contributed by atoms with van der Waals surface area (Å²) in [7, 11) is 4.14. The van der Waals surface area contributed by atoms with E-state index in [2.05, 4.69) is 45.7 Å². The molecule has 2 aromatic rings. The zero-order valence-corrected chi connectivity index (χ0v) is 12.1. The Bertz CT molecular complexity index is 590. The van der Waals surface area contributed by atoms with Gasteiger partial charge in [0, 0.05) is 45.8 Å². The topological polar surface area (TPSA) is 46.0 Å². The summed E-state index contributed by atoms with van der Waals surface area (Å²) in [5, 5.41) is 11.4. The summed E-state index contributed by atoms with van der Waals surface area (Å²) in [5.74, 6) is 1.02. The third-order valence-corrected chi connectivity index (χ3v) is 3.93. The molecule has 106 valence electrons. The third-order valence-electron chi connectivity index (χ3n) is 3.93. The number of aromatic nitrogens is 3. The Morgan fingerprint density at radius 3 is 3.00 bits per heavy atom. The lowest BCUT2D eigenvalue weighted by Gasteiger charge is -2.12. The summed E-state index contributed by atoms with van der Waals surface area (Å²) >= 11 is 0. The van der Waals surface area contributed by atoms with E-state index in [-0.39, 0.29) is 0 Å². The van der Waals surface area contributed by atoms with Crippen LogP contribution in [-0.2, 0) is 26.4 Å². The predicted octanol–water partition coefficient (Wildman–Crippen LogP) is 1.14. The number of nitrogens with one attached hydrogen (secondary N) is 1. The molecule has 1 aliphatic heterocycles. The molecule has 1 aromatic heterocycles. The quantitative estimate of drug-likeness (QED) is 0.828. The number of benzene rings is 1. The van der Waals surface area contributed by atoms with Crippen molar-refractivity contribution in [2.75, 3.05) is 25.0 Å². The molecule has 0 atom stereocenters. The first-order valence-electron chi connectivity index (χ1n) is 7.10. The Morgan fingerprint density at radius 2 is 2.20 bits per heavy atom. The predicted molar refractivity (Wildman–Crippen MR) is 79.8 cm³/mol. The van der Waals surface area contributed by atoms with Crippen LogP contribution in [0, 0.1) is 0 Å². The Kier molecular flexibility index (Phi) is 3.69. The van der Waals surface area contributed by atoms with Gasteiger partial charge >= 0.3 is 0 Å². The summed E-state index contributed by atoms with van der Waals surface area (Å²) in [6.07, 6.45) is 3.81. The van der Waals surface area contributed by atoms with Gasteiger partial charge in [0.05, 0.1) is 0 Å². The zero-order valence-electron chi connectivity index (χ0n) is 12.1. The van der Waals surface area contributed by atoms with Crippen LogP contribution in [0.2, 0.25) is 0 Å². The molecule has 0 amide bonds. The van der Waals surface area contributed by atoms with E-state index in [9.17, 15) is 0 Å². The number of fused-ring (bicyclic) bond motifs is 1. The van der Waals surface area contributed by atoms with Crippen molar-refractivity contribution < 1.29 is 0 Å². The highest BCUT2D eigenvalue weighted by molar-refractivity contribution is 5.58. The molecule has 0 saturated heterocycles. The largest absolute Gasteiger partial charge is 0.374 e. The maximum Gasteiger partial charge on any atom is 0.133 e. The minimum atomic E-state index is 0.907. The highest BCUT2D eigenvalue weighted by Crippen LogP contribution is 2.27. The number of aryl methyl sites for hydroxylation is 1. The molecule has 0 aliphatic carbocycles. The molecule has 5 heteroatoms. The van der Waals surface area contributed by atoms with Gasteiger partial charge in [0.25, 0.3) is 0 Å². The number of hydrogen-bond acceptors (Lipinski definition) is 4. The Labute approximate surface area is 119 Å². The molecule has 20 heavy (non-hydrogen) atoms. The van der Waals surface area contributed by atoms with Crippen molar-refractivity contribution in [3.63, 3.8) is 0 Å². The van der Waals surface area contributed by atoms with Crippen molar-refractivity contribution in [2.45, 2.75) is 19.4 Å². The molecule has 1 N–H and O–H groups in total. The van der Waals surface area contributed by atoms with Crippen LogP contribution in [0.25, 0.3) is 0 Å². The number of likely N-dealkylation sites (N-methyl/N-ethyl adjacent to an activating group) is 1. The Hall–Kier alpha value is -1.88. The van der Waals surface area contributed by atoms with Crippen LogP contribution in [0.1, 0.15) is 17.0 Å². The van der Waals surface area contributed by atoms with Crippen molar-refractivity contribution >= 4 is 5.69 Å². The normalized spacial score (nSPS) is 13.8. The van der Waals surface area contributed by atoms with Gasteiger partial charge in [-0.2, -0.15) is 0 Å². The lowest BCUT2D eigenvalue weighted by Crippen LogP contribution is -2.18. The van der Waals surface area contributed by atoms with E-state index < -0.39 is 0 Å². The standard InChI is InChI=1S/C15H21N5/c1-19-8-6-13-9-12(3-4-14(13)19)10-16-7-5-15-18-17-11-20(15)2/h3-4,9,11,16H,5-8,10H2,1-2H3. The Morgan fingerprint density at radius 1 is 1.30 bits per heavy atom. The van der Waals surface area contributed by atoms with Gasteiger partial charge in [-0.05, 0) is 23.6 Å². The number of nitrogens with zero attached hydrogens (tertiary/aromatic N) is 4. The average molecular weight is 271 g/mol. The maximum atomic E-state index is 4.08. The van der Waals surface area contributed by atoms with Crippen molar-refractivity contribution in [1.82, 2.24) is 20.1 Å². The Balaban J connectivity index is 1.51. The molecule has 5 nitrogen and oxygen atoms in total. The zero-order chi connectivity index (χ0) is 13.9. The van der Waals surface area contributed by atoms with Crippen LogP contribution in [0.15, 0.2) is 24.5 Å². The summed E-state index contributed by atoms with van der Waals surface area (Å²) in [6.45, 7) is 2.97. The van der Waals surface area contributed by atoms with Crippen molar-refractivity contribution in [1.29, 1.82) is 0 Å². The van der Waals surface area contributed by atoms with Gasteiger partial charge < -0.3 is 14.8 Å². The van der Waals surface area contributed by atoms with E-state index in [1.165, 1.54) is 23.2 Å². The van der Waals surface area contributed by atoms with E-state index in [4.69, 9.17) is 0 Å². The van der Waals surface area contributed by atoms with Gasteiger partial charge in [0.15, 0.2) is 0 Å². The molecule has 0 fully saturated rings. The smallest absolute Gasteiger partial charge is 0.133 e. The fourth-order valence-electron chi connectivity index (χ4n) is 2.70. The van der Waals surface area contributed by atoms with Crippen molar-refractivity contribution in [3.8, 4) is 0 Å². The fourth-order valence-corrected chi connectivity index (χ4v) is 2.70. The summed E-state index contributed by atoms with van der Waals surface area (Å²) in [6, 6.07) is 6.78. The molecule has 0 radical (unpaired) electrons. The van der Waals surface area contributed by atoms with Crippen LogP contribution < -0.4 is 10.2 Å². The second kappa shape index (κ2) is 5.63. The lowest BCUT2D eigenvalue weighted by molar-refractivity contribution is 0.653. The van der Waals surface area contributed by atoms with Gasteiger partial charge in [-0.25, -0.2) is 0 Å². The first-order valence-corrected chi connectivity index (χ1v) is 7.10. The van der Waals surface area contributed by atoms with E-state index >= 15 is 0 Å². The minimum Gasteiger partial charge on any atom is -0.374 e. The monoisotopic (exact) mass is 271 g/mol. The second-order valence-corrected chi connectivity index (χ2v) is 5.42. The van der Waals surface area contributed by atoms with E-state index in [0.717, 1.165) is 31.9 Å². The molecule has 1 aromatic carbocycles. The maximum absolute atomic E-state index is 4.08. The van der Waals surface area contributed by atoms with Gasteiger partial charge in [-0.1, -0.05) is 12.1 Å². The fraction of sp³-hybridized carbons (Fsp3) is 0.467. The van der Waals surface area contributed by atoms with Crippen LogP contribution in [0.4, 0.5) is 5.69 Å². The van der Waals surface area contributed by atoms with Crippen LogP contribution in [0.3, 0.4) is 0 Å². The van der Waals surface area contributed by atoms with E-state index in [1.54, 1.807) is 6.33 Å². The first kappa shape index (κ1) is 13.1. The number of rotatable bonds is 5. The molecule has 0 saturated carbocycles. The second-order valence-electron chi connectivity index (χ2n) is 5.42. The number of hydrogen-bond donors (Lipinski definition) is 1. The van der Waals surface area contributed by atoms with Crippen LogP contribution in [0.5, 0.6) is 0 Å². The van der Waals surface area contributed by atoms with Crippen molar-refractivity contribution in [3.05, 3.63) is 41.5 Å². The summed E-state index contributed by atoms with van der Waals surface area (Å²) < 4.78 is 1.97. The summed E-state index contributed by atoms with van der Waals surface area (Å²) in [5.41, 5.74) is 4.21. The van der Waals surface area contributed by atoms with Gasteiger partial charge in [0.2, 0.25) is 0 Å². The molecule has 0 spiro atoms. The highest BCUT2D eigenvalue weighted by atomic mass is 15.2. The van der Waals surface area contributed by atoms with Gasteiger partial charge in [-0.3, -0.25) is 0 Å². The molecule has 2 heterocycles. The van der Waals surface area contributed by atoms with Gasteiger partial charge in [-0.15, -0.1) is 10.2 Å². The van der Waals surface area contributed by atoms with E-state index in [0.29, 0.717) is 0 Å².